The van der Waals surface area contributed by atoms with Gasteiger partial charge in [-0.05, 0) is 12.8 Å². The van der Waals surface area contributed by atoms with E-state index in [1.807, 2.05) is 13.8 Å². The molecule has 1 fully saturated rings. The van der Waals surface area contributed by atoms with Crippen LogP contribution in [-0.4, -0.2) is 52.6 Å². The molecule has 1 N–H and O–H groups in total. The first kappa shape index (κ1) is 14.4. The Hall–Kier alpha value is -0.980. The average molecular weight is 269 g/mol. The minimum absolute atomic E-state index is 0.0983. The molecule has 6 heteroatoms. The molecular weight excluding hydrogens is 246 g/mol. The Bertz CT molecular complexity index is 373. The van der Waals surface area contributed by atoms with Crippen LogP contribution in [0.5, 0.6) is 0 Å². The van der Waals surface area contributed by atoms with Crippen LogP contribution in [0.2, 0.25) is 0 Å². The van der Waals surface area contributed by atoms with Crippen molar-refractivity contribution in [1.82, 2.24) is 15.0 Å². The standard InChI is InChI=1S/C13H23N3O3/c1-10(2)13-14-12(15-19-13)9-16-5-3-11(4-6-16)18-8-7-17/h10-11,17H,3-9H2,1-2H3. The molecule has 1 aliphatic rings. The van der Waals surface area contributed by atoms with Crippen molar-refractivity contribution in [2.24, 2.45) is 0 Å². The second-order valence-electron chi connectivity index (χ2n) is 5.27. The molecule has 1 saturated heterocycles. The number of hydrogen-bond acceptors (Lipinski definition) is 6. The van der Waals surface area contributed by atoms with Crippen molar-refractivity contribution >= 4 is 0 Å². The summed E-state index contributed by atoms with van der Waals surface area (Å²) in [5.41, 5.74) is 0. The number of likely N-dealkylation sites (tertiary alicyclic amines) is 1. The lowest BCUT2D eigenvalue weighted by atomic mass is 10.1. The first-order chi connectivity index (χ1) is 9.19. The summed E-state index contributed by atoms with van der Waals surface area (Å²) in [5, 5.41) is 12.7. The molecule has 6 nitrogen and oxygen atoms in total. The molecule has 19 heavy (non-hydrogen) atoms. The van der Waals surface area contributed by atoms with Gasteiger partial charge in [-0.15, -0.1) is 0 Å². The van der Waals surface area contributed by atoms with Crippen molar-refractivity contribution in [3.05, 3.63) is 11.7 Å². The van der Waals surface area contributed by atoms with E-state index < -0.39 is 0 Å². The summed E-state index contributed by atoms with van der Waals surface area (Å²) in [4.78, 5) is 6.70. The number of ether oxygens (including phenoxy) is 1. The van der Waals surface area contributed by atoms with Gasteiger partial charge in [0.2, 0.25) is 5.89 Å². The Morgan fingerprint density at radius 2 is 2.16 bits per heavy atom. The smallest absolute Gasteiger partial charge is 0.229 e. The molecule has 2 heterocycles. The summed E-state index contributed by atoms with van der Waals surface area (Å²) in [6, 6.07) is 0. The summed E-state index contributed by atoms with van der Waals surface area (Å²) in [7, 11) is 0. The number of hydrogen-bond donors (Lipinski definition) is 1. The quantitative estimate of drug-likeness (QED) is 0.835. The van der Waals surface area contributed by atoms with E-state index in [1.54, 1.807) is 0 Å². The van der Waals surface area contributed by atoms with Gasteiger partial charge in [0, 0.05) is 19.0 Å². The maximum Gasteiger partial charge on any atom is 0.229 e. The zero-order chi connectivity index (χ0) is 13.7. The summed E-state index contributed by atoms with van der Waals surface area (Å²) in [6.45, 7) is 7.31. The van der Waals surface area contributed by atoms with Gasteiger partial charge in [-0.2, -0.15) is 4.98 Å². The Morgan fingerprint density at radius 3 is 2.74 bits per heavy atom. The van der Waals surface area contributed by atoms with Gasteiger partial charge in [-0.3, -0.25) is 4.90 Å². The lowest BCUT2D eigenvalue weighted by Gasteiger charge is -2.30. The van der Waals surface area contributed by atoms with Gasteiger partial charge in [0.25, 0.3) is 0 Å². The topological polar surface area (TPSA) is 71.6 Å². The molecule has 1 aliphatic heterocycles. The minimum atomic E-state index is 0.0983. The molecule has 108 valence electrons. The van der Waals surface area contributed by atoms with Crippen LogP contribution in [0.4, 0.5) is 0 Å². The van der Waals surface area contributed by atoms with Crippen LogP contribution in [0.25, 0.3) is 0 Å². The van der Waals surface area contributed by atoms with Crippen LogP contribution < -0.4 is 0 Å². The number of aliphatic hydroxyl groups is 1. The molecule has 0 unspecified atom stereocenters. The number of rotatable bonds is 6. The lowest BCUT2D eigenvalue weighted by Crippen LogP contribution is -2.37. The molecule has 0 aliphatic carbocycles. The predicted octanol–water partition coefficient (Wildman–Crippen LogP) is 1.17. The highest BCUT2D eigenvalue weighted by Crippen LogP contribution is 2.16. The van der Waals surface area contributed by atoms with Gasteiger partial charge in [0.05, 0.1) is 25.9 Å². The highest BCUT2D eigenvalue weighted by Gasteiger charge is 2.21. The summed E-state index contributed by atoms with van der Waals surface area (Å²) < 4.78 is 10.7. The van der Waals surface area contributed by atoms with E-state index in [-0.39, 0.29) is 18.6 Å². The Labute approximate surface area is 113 Å². The van der Waals surface area contributed by atoms with E-state index in [1.165, 1.54) is 0 Å². The molecule has 1 aromatic heterocycles. The van der Waals surface area contributed by atoms with Crippen LogP contribution in [0.3, 0.4) is 0 Å². The third-order valence-electron chi connectivity index (χ3n) is 3.32. The third kappa shape index (κ3) is 4.26. The van der Waals surface area contributed by atoms with Gasteiger partial charge in [-0.25, -0.2) is 0 Å². The van der Waals surface area contributed by atoms with Crippen LogP contribution >= 0.6 is 0 Å². The van der Waals surface area contributed by atoms with Crippen molar-refractivity contribution < 1.29 is 14.4 Å². The van der Waals surface area contributed by atoms with E-state index in [0.29, 0.717) is 12.5 Å². The maximum absolute atomic E-state index is 8.73. The second-order valence-corrected chi connectivity index (χ2v) is 5.27. The summed E-state index contributed by atoms with van der Waals surface area (Å²) >= 11 is 0. The Balaban J connectivity index is 1.75. The Kier molecular flexibility index (Phi) is 5.30. The highest BCUT2D eigenvalue weighted by molar-refractivity contribution is 4.91. The molecule has 0 aromatic carbocycles. The molecule has 2 rings (SSSR count). The third-order valence-corrected chi connectivity index (χ3v) is 3.32. The summed E-state index contributed by atoms with van der Waals surface area (Å²) in [5.74, 6) is 1.74. The molecule has 1 aromatic rings. The van der Waals surface area contributed by atoms with Gasteiger partial charge in [0.1, 0.15) is 0 Å². The highest BCUT2D eigenvalue weighted by atomic mass is 16.5. The van der Waals surface area contributed by atoms with Gasteiger partial charge >= 0.3 is 0 Å². The van der Waals surface area contributed by atoms with E-state index in [4.69, 9.17) is 14.4 Å². The van der Waals surface area contributed by atoms with Crippen LogP contribution in [-0.2, 0) is 11.3 Å². The van der Waals surface area contributed by atoms with E-state index in [2.05, 4.69) is 15.0 Å². The number of aliphatic hydroxyl groups excluding tert-OH is 1. The van der Waals surface area contributed by atoms with Crippen molar-refractivity contribution in [3.8, 4) is 0 Å². The zero-order valence-electron chi connectivity index (χ0n) is 11.7. The SMILES string of the molecule is CC(C)c1nc(CN2CCC(OCCO)CC2)no1. The van der Waals surface area contributed by atoms with Crippen molar-refractivity contribution in [2.45, 2.75) is 45.3 Å². The fraction of sp³-hybridized carbons (Fsp3) is 0.846. The van der Waals surface area contributed by atoms with Crippen molar-refractivity contribution in [2.75, 3.05) is 26.3 Å². The van der Waals surface area contributed by atoms with E-state index in [9.17, 15) is 0 Å². The monoisotopic (exact) mass is 269 g/mol. The van der Waals surface area contributed by atoms with Gasteiger partial charge in [0.15, 0.2) is 5.82 Å². The number of nitrogens with zero attached hydrogens (tertiary/aromatic N) is 3. The lowest BCUT2D eigenvalue weighted by molar-refractivity contribution is -0.00946. The van der Waals surface area contributed by atoms with Gasteiger partial charge in [-0.1, -0.05) is 19.0 Å². The number of piperidine rings is 1. The molecule has 0 bridgehead atoms. The normalized spacial score (nSPS) is 18.3. The Morgan fingerprint density at radius 1 is 1.42 bits per heavy atom. The largest absolute Gasteiger partial charge is 0.394 e. The van der Waals surface area contributed by atoms with Crippen LogP contribution in [0.1, 0.15) is 44.3 Å². The fourth-order valence-corrected chi connectivity index (χ4v) is 2.22. The molecule has 0 atom stereocenters. The van der Waals surface area contributed by atoms with Crippen molar-refractivity contribution in [1.29, 1.82) is 0 Å². The first-order valence-corrected chi connectivity index (χ1v) is 6.96. The van der Waals surface area contributed by atoms with Gasteiger partial charge < -0.3 is 14.4 Å². The molecule has 0 saturated carbocycles. The molecule has 0 amide bonds. The zero-order valence-corrected chi connectivity index (χ0v) is 11.7. The fourth-order valence-electron chi connectivity index (χ4n) is 2.22. The average Bonchev–Trinajstić information content (AvgIpc) is 2.87. The van der Waals surface area contributed by atoms with Crippen LogP contribution in [0, 0.1) is 0 Å². The summed E-state index contributed by atoms with van der Waals surface area (Å²) in [6.07, 6.45) is 2.27. The van der Waals surface area contributed by atoms with Crippen molar-refractivity contribution in [3.63, 3.8) is 0 Å². The number of aromatic nitrogens is 2. The molecular formula is C13H23N3O3. The van der Waals surface area contributed by atoms with E-state index in [0.717, 1.165) is 38.3 Å². The maximum atomic E-state index is 8.73. The second kappa shape index (κ2) is 6.98. The van der Waals surface area contributed by atoms with E-state index >= 15 is 0 Å². The van der Waals surface area contributed by atoms with Crippen LogP contribution in [0.15, 0.2) is 4.52 Å². The first-order valence-electron chi connectivity index (χ1n) is 6.96. The predicted molar refractivity (Wildman–Crippen MR) is 69.7 cm³/mol. The molecule has 0 spiro atoms. The minimum Gasteiger partial charge on any atom is -0.394 e. The molecule has 0 radical (unpaired) electrons.